The molecular formula is C12H16N2O4S. The van der Waals surface area contributed by atoms with Crippen molar-refractivity contribution in [2.45, 2.75) is 23.9 Å². The third-order valence-electron chi connectivity index (χ3n) is 3.03. The number of nitrogens with one attached hydrogen (secondary N) is 1. The molecule has 1 aliphatic heterocycles. The van der Waals surface area contributed by atoms with Crippen LogP contribution in [-0.4, -0.2) is 49.0 Å². The minimum Gasteiger partial charge on any atom is -0.480 e. The van der Waals surface area contributed by atoms with Crippen LogP contribution >= 0.6 is 0 Å². The molecule has 1 aromatic carbocycles. The van der Waals surface area contributed by atoms with Crippen LogP contribution in [0.15, 0.2) is 35.2 Å². The Bertz CT molecular complexity index is 558. The van der Waals surface area contributed by atoms with Gasteiger partial charge in [-0.2, -0.15) is 4.31 Å². The highest BCUT2D eigenvalue weighted by Crippen LogP contribution is 2.18. The van der Waals surface area contributed by atoms with Crippen molar-refractivity contribution in [1.29, 1.82) is 0 Å². The molecule has 2 N–H and O–H groups in total. The number of aliphatic carboxylic acids is 1. The van der Waals surface area contributed by atoms with E-state index in [9.17, 15) is 13.2 Å². The zero-order chi connectivity index (χ0) is 14.0. The molecule has 0 bridgehead atoms. The Balaban J connectivity index is 2.28. The fraction of sp³-hybridized carbons (Fsp3) is 0.417. The SMILES string of the molecule is C[C@@H]1CN(S(=O)(=O)c2ccccc2)C[C@H](C(=O)O)N1. The molecule has 0 saturated carbocycles. The molecule has 0 spiro atoms. The van der Waals surface area contributed by atoms with Crippen molar-refractivity contribution in [2.75, 3.05) is 13.1 Å². The summed E-state index contributed by atoms with van der Waals surface area (Å²) in [6.07, 6.45) is 0. The maximum Gasteiger partial charge on any atom is 0.322 e. The molecule has 2 rings (SSSR count). The predicted octanol–water partition coefficient (Wildman–Crippen LogP) is 0.122. The minimum absolute atomic E-state index is 0.0586. The van der Waals surface area contributed by atoms with Gasteiger partial charge in [-0.05, 0) is 19.1 Å². The van der Waals surface area contributed by atoms with Crippen LogP contribution in [-0.2, 0) is 14.8 Å². The van der Waals surface area contributed by atoms with Gasteiger partial charge in [-0.25, -0.2) is 8.42 Å². The monoisotopic (exact) mass is 284 g/mol. The highest BCUT2D eigenvalue weighted by Gasteiger charge is 2.35. The Kier molecular flexibility index (Phi) is 3.88. The summed E-state index contributed by atoms with van der Waals surface area (Å²) in [5.74, 6) is -1.04. The van der Waals surface area contributed by atoms with Gasteiger partial charge >= 0.3 is 5.97 Å². The molecule has 0 amide bonds. The van der Waals surface area contributed by atoms with Gasteiger partial charge in [0.25, 0.3) is 0 Å². The van der Waals surface area contributed by atoms with E-state index in [1.165, 1.54) is 16.4 Å². The number of benzene rings is 1. The van der Waals surface area contributed by atoms with Crippen LogP contribution in [0.3, 0.4) is 0 Å². The highest BCUT2D eigenvalue weighted by atomic mass is 32.2. The van der Waals surface area contributed by atoms with Crippen molar-refractivity contribution < 1.29 is 18.3 Å². The molecule has 1 aromatic rings. The van der Waals surface area contributed by atoms with Gasteiger partial charge in [0, 0.05) is 19.1 Å². The zero-order valence-electron chi connectivity index (χ0n) is 10.5. The summed E-state index contributed by atoms with van der Waals surface area (Å²) in [4.78, 5) is 11.2. The van der Waals surface area contributed by atoms with Crippen LogP contribution in [0.4, 0.5) is 0 Å². The van der Waals surface area contributed by atoms with E-state index in [1.807, 2.05) is 0 Å². The quantitative estimate of drug-likeness (QED) is 0.823. The normalized spacial score (nSPS) is 25.1. The molecule has 1 fully saturated rings. The minimum atomic E-state index is -3.63. The molecule has 19 heavy (non-hydrogen) atoms. The van der Waals surface area contributed by atoms with Crippen molar-refractivity contribution in [3.8, 4) is 0 Å². The van der Waals surface area contributed by atoms with Gasteiger partial charge in [-0.3, -0.25) is 10.1 Å². The Morgan fingerprint density at radius 2 is 1.95 bits per heavy atom. The van der Waals surface area contributed by atoms with Gasteiger partial charge in [0.2, 0.25) is 10.0 Å². The highest BCUT2D eigenvalue weighted by molar-refractivity contribution is 7.89. The summed E-state index contributed by atoms with van der Waals surface area (Å²) in [6.45, 7) is 1.97. The number of carbonyl (C=O) groups is 1. The van der Waals surface area contributed by atoms with Gasteiger partial charge in [-0.15, -0.1) is 0 Å². The molecule has 0 aromatic heterocycles. The number of nitrogens with zero attached hydrogens (tertiary/aromatic N) is 1. The van der Waals surface area contributed by atoms with Crippen molar-refractivity contribution in [2.24, 2.45) is 0 Å². The summed E-state index contributed by atoms with van der Waals surface area (Å²) < 4.78 is 26.0. The third-order valence-corrected chi connectivity index (χ3v) is 4.87. The number of hydrogen-bond acceptors (Lipinski definition) is 4. The summed E-state index contributed by atoms with van der Waals surface area (Å²) in [5.41, 5.74) is 0. The van der Waals surface area contributed by atoms with Crippen LogP contribution in [0.5, 0.6) is 0 Å². The van der Waals surface area contributed by atoms with Crippen LogP contribution < -0.4 is 5.32 Å². The molecule has 1 saturated heterocycles. The standard InChI is InChI=1S/C12H16N2O4S/c1-9-7-14(8-11(13-9)12(15)16)19(17,18)10-5-3-2-4-6-10/h2-6,9,11,13H,7-8H2,1H3,(H,15,16)/t9-,11-/m1/s1. The average Bonchev–Trinajstić information content (AvgIpc) is 2.39. The Labute approximate surface area is 112 Å². The van der Waals surface area contributed by atoms with E-state index in [2.05, 4.69) is 5.32 Å². The van der Waals surface area contributed by atoms with E-state index >= 15 is 0 Å². The van der Waals surface area contributed by atoms with Crippen molar-refractivity contribution in [1.82, 2.24) is 9.62 Å². The average molecular weight is 284 g/mol. The second-order valence-corrected chi connectivity index (χ2v) is 6.53. The van der Waals surface area contributed by atoms with Crippen molar-refractivity contribution in [3.05, 3.63) is 30.3 Å². The van der Waals surface area contributed by atoms with Crippen LogP contribution in [0.25, 0.3) is 0 Å². The third kappa shape index (κ3) is 2.94. The van der Waals surface area contributed by atoms with Crippen LogP contribution in [0.1, 0.15) is 6.92 Å². The summed E-state index contributed by atoms with van der Waals surface area (Å²) in [5, 5.41) is 11.9. The van der Waals surface area contributed by atoms with E-state index in [1.54, 1.807) is 25.1 Å². The maximum atomic E-state index is 12.4. The molecule has 1 heterocycles. The lowest BCUT2D eigenvalue weighted by atomic mass is 10.2. The smallest absolute Gasteiger partial charge is 0.322 e. The molecule has 104 valence electrons. The molecule has 6 nitrogen and oxygen atoms in total. The number of piperazine rings is 1. The number of hydrogen-bond donors (Lipinski definition) is 2. The van der Waals surface area contributed by atoms with Crippen molar-refractivity contribution >= 4 is 16.0 Å². The molecule has 7 heteroatoms. The van der Waals surface area contributed by atoms with E-state index in [4.69, 9.17) is 5.11 Å². The lowest BCUT2D eigenvalue weighted by molar-refractivity contribution is -0.140. The first-order valence-corrected chi connectivity index (χ1v) is 7.39. The van der Waals surface area contributed by atoms with E-state index in [0.29, 0.717) is 0 Å². The van der Waals surface area contributed by atoms with Crippen LogP contribution in [0, 0.1) is 0 Å². The summed E-state index contributed by atoms with van der Waals surface area (Å²) in [7, 11) is -3.63. The van der Waals surface area contributed by atoms with E-state index in [-0.39, 0.29) is 24.0 Å². The second-order valence-electron chi connectivity index (χ2n) is 4.59. The zero-order valence-corrected chi connectivity index (χ0v) is 11.3. The first-order valence-electron chi connectivity index (χ1n) is 5.95. The Morgan fingerprint density at radius 3 is 2.53 bits per heavy atom. The first kappa shape index (κ1) is 14.0. The lowest BCUT2D eigenvalue weighted by Crippen LogP contribution is -2.59. The predicted molar refractivity (Wildman–Crippen MR) is 69.2 cm³/mol. The van der Waals surface area contributed by atoms with E-state index in [0.717, 1.165) is 0 Å². The summed E-state index contributed by atoms with van der Waals surface area (Å²) in [6, 6.07) is 6.98. The fourth-order valence-corrected chi connectivity index (χ4v) is 3.68. The topological polar surface area (TPSA) is 86.7 Å². The van der Waals surface area contributed by atoms with Gasteiger partial charge in [0.15, 0.2) is 0 Å². The van der Waals surface area contributed by atoms with Gasteiger partial charge in [0.05, 0.1) is 4.90 Å². The fourth-order valence-electron chi connectivity index (χ4n) is 2.12. The molecule has 0 radical (unpaired) electrons. The Morgan fingerprint density at radius 1 is 1.32 bits per heavy atom. The van der Waals surface area contributed by atoms with Crippen molar-refractivity contribution in [3.63, 3.8) is 0 Å². The number of sulfonamides is 1. The molecule has 1 aliphatic rings. The van der Waals surface area contributed by atoms with Gasteiger partial charge in [-0.1, -0.05) is 18.2 Å². The van der Waals surface area contributed by atoms with Crippen LogP contribution in [0.2, 0.25) is 0 Å². The van der Waals surface area contributed by atoms with Gasteiger partial charge < -0.3 is 5.11 Å². The number of carboxylic acids is 1. The number of carboxylic acid groups (broad SMARTS) is 1. The number of rotatable bonds is 3. The summed E-state index contributed by atoms with van der Waals surface area (Å²) >= 11 is 0. The largest absolute Gasteiger partial charge is 0.480 e. The molecular weight excluding hydrogens is 268 g/mol. The Hall–Kier alpha value is -1.44. The molecule has 0 aliphatic carbocycles. The van der Waals surface area contributed by atoms with E-state index < -0.39 is 22.0 Å². The molecule has 0 unspecified atom stereocenters. The second kappa shape index (κ2) is 5.28. The molecule has 2 atom stereocenters. The van der Waals surface area contributed by atoms with Gasteiger partial charge in [0.1, 0.15) is 6.04 Å². The first-order chi connectivity index (χ1) is 8.91. The lowest BCUT2D eigenvalue weighted by Gasteiger charge is -2.34. The maximum absolute atomic E-state index is 12.4.